The molecule has 1 aromatic heterocycles. The van der Waals surface area contributed by atoms with E-state index in [1.54, 1.807) is 24.3 Å². The third-order valence-corrected chi connectivity index (χ3v) is 4.00. The third kappa shape index (κ3) is 3.19. The molecule has 4 rings (SSSR count). The van der Waals surface area contributed by atoms with E-state index in [1.165, 1.54) is 18.2 Å². The SMILES string of the molecule is Cc1cccc(-c2nc3ccc(NC(=O)c4cccc(F)c4)cc3o2)c1. The van der Waals surface area contributed by atoms with Crippen LogP contribution in [0.3, 0.4) is 0 Å². The largest absolute Gasteiger partial charge is 0.436 e. The van der Waals surface area contributed by atoms with Crippen LogP contribution in [-0.4, -0.2) is 10.9 Å². The lowest BCUT2D eigenvalue weighted by atomic mass is 10.1. The summed E-state index contributed by atoms with van der Waals surface area (Å²) in [6.07, 6.45) is 0. The van der Waals surface area contributed by atoms with E-state index in [2.05, 4.69) is 10.3 Å². The van der Waals surface area contributed by atoms with Gasteiger partial charge in [-0.3, -0.25) is 4.79 Å². The number of benzene rings is 3. The number of oxazole rings is 1. The Hall–Kier alpha value is -3.47. The normalized spacial score (nSPS) is 10.8. The third-order valence-electron chi connectivity index (χ3n) is 4.00. The summed E-state index contributed by atoms with van der Waals surface area (Å²) in [6, 6.07) is 18.7. The summed E-state index contributed by atoms with van der Waals surface area (Å²) in [5.41, 5.74) is 4.09. The molecule has 1 heterocycles. The van der Waals surface area contributed by atoms with Crippen molar-refractivity contribution in [1.82, 2.24) is 4.98 Å². The molecule has 0 saturated carbocycles. The fraction of sp³-hybridized carbons (Fsp3) is 0.0476. The highest BCUT2D eigenvalue weighted by molar-refractivity contribution is 6.04. The van der Waals surface area contributed by atoms with E-state index in [1.807, 2.05) is 31.2 Å². The molecule has 1 N–H and O–H groups in total. The number of amides is 1. The molecule has 0 aliphatic carbocycles. The molecule has 1 amide bonds. The number of halogens is 1. The van der Waals surface area contributed by atoms with Gasteiger partial charge in [-0.25, -0.2) is 9.37 Å². The second-order valence-corrected chi connectivity index (χ2v) is 6.04. The van der Waals surface area contributed by atoms with E-state index >= 15 is 0 Å². The molecule has 0 bridgehead atoms. The topological polar surface area (TPSA) is 55.1 Å². The predicted octanol–water partition coefficient (Wildman–Crippen LogP) is 5.19. The minimum Gasteiger partial charge on any atom is -0.436 e. The minimum absolute atomic E-state index is 0.253. The van der Waals surface area contributed by atoms with Gasteiger partial charge >= 0.3 is 0 Å². The Morgan fingerprint density at radius 2 is 1.88 bits per heavy atom. The van der Waals surface area contributed by atoms with Crippen LogP contribution in [0.25, 0.3) is 22.6 Å². The lowest BCUT2D eigenvalue weighted by molar-refractivity contribution is 0.102. The molecule has 4 nitrogen and oxygen atoms in total. The first-order chi connectivity index (χ1) is 12.6. The Morgan fingerprint density at radius 1 is 1.04 bits per heavy atom. The Labute approximate surface area is 149 Å². The van der Waals surface area contributed by atoms with Crippen molar-refractivity contribution in [3.05, 3.63) is 83.7 Å². The van der Waals surface area contributed by atoms with Gasteiger partial charge in [-0.2, -0.15) is 0 Å². The molecular weight excluding hydrogens is 331 g/mol. The van der Waals surface area contributed by atoms with Gasteiger partial charge in [0.15, 0.2) is 5.58 Å². The average Bonchev–Trinajstić information content (AvgIpc) is 3.05. The fourth-order valence-electron chi connectivity index (χ4n) is 2.74. The maximum atomic E-state index is 13.3. The summed E-state index contributed by atoms with van der Waals surface area (Å²) >= 11 is 0. The number of fused-ring (bicyclic) bond motifs is 1. The van der Waals surface area contributed by atoms with Crippen molar-refractivity contribution in [3.63, 3.8) is 0 Å². The molecule has 128 valence electrons. The first-order valence-corrected chi connectivity index (χ1v) is 8.13. The number of carbonyl (C=O) groups excluding carboxylic acids is 1. The molecule has 0 unspecified atom stereocenters. The Kier molecular flexibility index (Phi) is 3.97. The van der Waals surface area contributed by atoms with Crippen LogP contribution in [0.2, 0.25) is 0 Å². The molecule has 5 heteroatoms. The van der Waals surface area contributed by atoms with E-state index in [4.69, 9.17) is 4.42 Å². The molecule has 0 aliphatic heterocycles. The molecule has 3 aromatic carbocycles. The summed E-state index contributed by atoms with van der Waals surface area (Å²) in [6.45, 7) is 2.01. The molecule has 0 saturated heterocycles. The van der Waals surface area contributed by atoms with Gasteiger partial charge in [0, 0.05) is 22.9 Å². The molecule has 0 atom stereocenters. The van der Waals surface area contributed by atoms with Crippen molar-refractivity contribution < 1.29 is 13.6 Å². The van der Waals surface area contributed by atoms with Gasteiger partial charge in [-0.1, -0.05) is 23.8 Å². The van der Waals surface area contributed by atoms with Gasteiger partial charge in [0.1, 0.15) is 11.3 Å². The number of anilines is 1. The maximum absolute atomic E-state index is 13.3. The van der Waals surface area contributed by atoms with Crippen LogP contribution >= 0.6 is 0 Å². The van der Waals surface area contributed by atoms with Gasteiger partial charge in [0.25, 0.3) is 5.91 Å². The molecule has 0 fully saturated rings. The standard InChI is InChI=1S/C21H15FN2O2/c1-13-4-2-6-15(10-13)21-24-18-9-8-17(12-19(18)26-21)23-20(25)14-5-3-7-16(22)11-14/h2-12H,1H3,(H,23,25). The van der Waals surface area contributed by atoms with Crippen LogP contribution in [0, 0.1) is 12.7 Å². The summed E-state index contributed by atoms with van der Waals surface area (Å²) in [7, 11) is 0. The highest BCUT2D eigenvalue weighted by atomic mass is 19.1. The number of nitrogens with one attached hydrogen (secondary N) is 1. The molecule has 26 heavy (non-hydrogen) atoms. The summed E-state index contributed by atoms with van der Waals surface area (Å²) in [5, 5.41) is 2.74. The molecular formula is C21H15FN2O2. The van der Waals surface area contributed by atoms with Crippen molar-refractivity contribution in [3.8, 4) is 11.5 Å². The van der Waals surface area contributed by atoms with E-state index in [9.17, 15) is 9.18 Å². The van der Waals surface area contributed by atoms with Crippen molar-refractivity contribution >= 4 is 22.7 Å². The number of nitrogens with zero attached hydrogens (tertiary/aromatic N) is 1. The molecule has 0 aliphatic rings. The lowest BCUT2D eigenvalue weighted by Gasteiger charge is -2.04. The first kappa shape index (κ1) is 16.0. The zero-order valence-corrected chi connectivity index (χ0v) is 14.0. The van der Waals surface area contributed by atoms with Gasteiger partial charge in [-0.05, 0) is 49.4 Å². The number of hydrogen-bond donors (Lipinski definition) is 1. The van der Waals surface area contributed by atoms with Crippen LogP contribution < -0.4 is 5.32 Å². The Morgan fingerprint density at radius 3 is 2.69 bits per heavy atom. The van der Waals surface area contributed by atoms with E-state index in [0.717, 1.165) is 11.1 Å². The number of carbonyl (C=O) groups is 1. The molecule has 4 aromatic rings. The van der Waals surface area contributed by atoms with Crippen molar-refractivity contribution in [1.29, 1.82) is 0 Å². The van der Waals surface area contributed by atoms with Crippen LogP contribution in [0.4, 0.5) is 10.1 Å². The Bertz CT molecular complexity index is 1120. The highest BCUT2D eigenvalue weighted by Gasteiger charge is 2.11. The average molecular weight is 346 g/mol. The summed E-state index contributed by atoms with van der Waals surface area (Å²) in [4.78, 5) is 16.7. The zero-order chi connectivity index (χ0) is 18.1. The van der Waals surface area contributed by atoms with Crippen LogP contribution in [0.5, 0.6) is 0 Å². The van der Waals surface area contributed by atoms with E-state index in [-0.39, 0.29) is 11.5 Å². The number of rotatable bonds is 3. The molecule has 0 radical (unpaired) electrons. The fourth-order valence-corrected chi connectivity index (χ4v) is 2.74. The zero-order valence-electron chi connectivity index (χ0n) is 14.0. The van der Waals surface area contributed by atoms with Gasteiger partial charge in [0.2, 0.25) is 5.89 Å². The number of aromatic nitrogens is 1. The van der Waals surface area contributed by atoms with E-state index < -0.39 is 5.82 Å². The van der Waals surface area contributed by atoms with Crippen molar-refractivity contribution in [2.24, 2.45) is 0 Å². The van der Waals surface area contributed by atoms with Crippen molar-refractivity contribution in [2.45, 2.75) is 6.92 Å². The van der Waals surface area contributed by atoms with Crippen molar-refractivity contribution in [2.75, 3.05) is 5.32 Å². The second-order valence-electron chi connectivity index (χ2n) is 6.04. The van der Waals surface area contributed by atoms with E-state index in [0.29, 0.717) is 22.7 Å². The first-order valence-electron chi connectivity index (χ1n) is 8.13. The summed E-state index contributed by atoms with van der Waals surface area (Å²) < 4.78 is 19.1. The number of hydrogen-bond acceptors (Lipinski definition) is 3. The van der Waals surface area contributed by atoms with Gasteiger partial charge in [-0.15, -0.1) is 0 Å². The minimum atomic E-state index is -0.453. The second kappa shape index (κ2) is 6.44. The van der Waals surface area contributed by atoms with Gasteiger partial charge in [0.05, 0.1) is 0 Å². The number of aryl methyl sites for hydroxylation is 1. The monoisotopic (exact) mass is 346 g/mol. The lowest BCUT2D eigenvalue weighted by Crippen LogP contribution is -2.11. The van der Waals surface area contributed by atoms with Crippen LogP contribution in [0.1, 0.15) is 15.9 Å². The van der Waals surface area contributed by atoms with Gasteiger partial charge < -0.3 is 9.73 Å². The quantitative estimate of drug-likeness (QED) is 0.555. The van der Waals surface area contributed by atoms with Crippen LogP contribution in [-0.2, 0) is 0 Å². The summed E-state index contributed by atoms with van der Waals surface area (Å²) in [5.74, 6) is -0.314. The van der Waals surface area contributed by atoms with Crippen LogP contribution in [0.15, 0.2) is 71.1 Å². The smallest absolute Gasteiger partial charge is 0.255 e. The highest BCUT2D eigenvalue weighted by Crippen LogP contribution is 2.27. The Balaban J connectivity index is 1.62. The predicted molar refractivity (Wildman–Crippen MR) is 98.5 cm³/mol. The maximum Gasteiger partial charge on any atom is 0.255 e. The molecule has 0 spiro atoms.